The molecule has 0 bridgehead atoms. The smallest absolute Gasteiger partial charge is 0.191 e. The van der Waals surface area contributed by atoms with Gasteiger partial charge in [0.2, 0.25) is 0 Å². The highest BCUT2D eigenvalue weighted by atomic mass is 127. The minimum absolute atomic E-state index is 0. The summed E-state index contributed by atoms with van der Waals surface area (Å²) in [5, 5.41) is 6.64. The second kappa shape index (κ2) is 11.3. The van der Waals surface area contributed by atoms with Crippen LogP contribution in [0.15, 0.2) is 23.2 Å². The number of benzene rings is 1. The van der Waals surface area contributed by atoms with Gasteiger partial charge in [0.25, 0.3) is 0 Å². The lowest BCUT2D eigenvalue weighted by Gasteiger charge is -2.11. The van der Waals surface area contributed by atoms with E-state index < -0.39 is 0 Å². The van der Waals surface area contributed by atoms with E-state index in [1.807, 2.05) is 18.8 Å². The van der Waals surface area contributed by atoms with Crippen molar-refractivity contribution in [3.63, 3.8) is 0 Å². The van der Waals surface area contributed by atoms with E-state index in [1.165, 1.54) is 16.7 Å². The zero-order valence-corrected chi connectivity index (χ0v) is 16.0. The Labute approximate surface area is 144 Å². The number of nitrogens with zero attached hydrogens (tertiary/aromatic N) is 1. The van der Waals surface area contributed by atoms with Gasteiger partial charge in [0.15, 0.2) is 5.96 Å². The van der Waals surface area contributed by atoms with E-state index in [9.17, 15) is 0 Å². The van der Waals surface area contributed by atoms with Gasteiger partial charge in [-0.1, -0.05) is 29.3 Å². The Morgan fingerprint density at radius 3 is 2.25 bits per heavy atom. The highest BCUT2D eigenvalue weighted by Crippen LogP contribution is 2.08. The zero-order valence-electron chi connectivity index (χ0n) is 12.8. The molecule has 0 aliphatic rings. The van der Waals surface area contributed by atoms with Crippen molar-refractivity contribution >= 4 is 41.7 Å². The predicted molar refractivity (Wildman–Crippen MR) is 103 cm³/mol. The molecule has 5 heteroatoms. The fraction of sp³-hybridized carbons (Fsp3) is 0.533. The third-order valence-electron chi connectivity index (χ3n) is 2.81. The van der Waals surface area contributed by atoms with E-state index in [2.05, 4.69) is 53.9 Å². The van der Waals surface area contributed by atoms with E-state index in [0.29, 0.717) is 0 Å². The maximum atomic E-state index is 4.21. The van der Waals surface area contributed by atoms with Crippen molar-refractivity contribution in [3.8, 4) is 0 Å². The number of thioether (sulfide) groups is 1. The minimum atomic E-state index is 0. The van der Waals surface area contributed by atoms with Crippen molar-refractivity contribution in [2.75, 3.05) is 32.1 Å². The van der Waals surface area contributed by atoms with Crippen molar-refractivity contribution in [2.45, 2.75) is 20.3 Å². The summed E-state index contributed by atoms with van der Waals surface area (Å²) in [5.41, 5.74) is 4.04. The van der Waals surface area contributed by atoms with Gasteiger partial charge in [-0.25, -0.2) is 0 Å². The standard InChI is InChI=1S/C15H25N3S.HI/c1-12-9-13(2)11-14(10-12)5-6-17-15(16-3)18-7-8-19-4;/h9-11H,5-8H2,1-4H3,(H2,16,17,18);1H. The van der Waals surface area contributed by atoms with Crippen molar-refractivity contribution in [3.05, 3.63) is 34.9 Å². The lowest BCUT2D eigenvalue weighted by atomic mass is 10.1. The summed E-state index contributed by atoms with van der Waals surface area (Å²) in [6.07, 6.45) is 3.13. The van der Waals surface area contributed by atoms with Gasteiger partial charge < -0.3 is 10.6 Å². The highest BCUT2D eigenvalue weighted by molar-refractivity contribution is 14.0. The molecule has 0 aliphatic carbocycles. The van der Waals surface area contributed by atoms with Gasteiger partial charge in [-0.15, -0.1) is 24.0 Å². The molecule has 1 aromatic rings. The molecule has 114 valence electrons. The molecule has 2 N–H and O–H groups in total. The number of hydrogen-bond acceptors (Lipinski definition) is 2. The normalized spacial score (nSPS) is 10.9. The number of aliphatic imine (C=N–C) groups is 1. The second-order valence-electron chi connectivity index (χ2n) is 4.66. The van der Waals surface area contributed by atoms with Crippen LogP contribution in [0.2, 0.25) is 0 Å². The van der Waals surface area contributed by atoms with Crippen LogP contribution in [0, 0.1) is 13.8 Å². The number of hydrogen-bond donors (Lipinski definition) is 2. The third kappa shape index (κ3) is 7.99. The van der Waals surface area contributed by atoms with E-state index in [0.717, 1.165) is 31.2 Å². The average molecular weight is 407 g/mol. The summed E-state index contributed by atoms with van der Waals surface area (Å²) < 4.78 is 0. The van der Waals surface area contributed by atoms with Gasteiger partial charge in [0.05, 0.1) is 0 Å². The van der Waals surface area contributed by atoms with Crippen LogP contribution in [-0.4, -0.2) is 38.1 Å². The Hall–Kier alpha value is -0.430. The van der Waals surface area contributed by atoms with Crippen LogP contribution in [0.4, 0.5) is 0 Å². The second-order valence-corrected chi connectivity index (χ2v) is 5.65. The largest absolute Gasteiger partial charge is 0.356 e. The molecular formula is C15H26IN3S. The zero-order chi connectivity index (χ0) is 14.1. The fourth-order valence-corrected chi connectivity index (χ4v) is 2.34. The van der Waals surface area contributed by atoms with E-state index in [4.69, 9.17) is 0 Å². The molecule has 0 unspecified atom stereocenters. The summed E-state index contributed by atoms with van der Waals surface area (Å²) >= 11 is 1.83. The number of rotatable bonds is 6. The molecular weight excluding hydrogens is 381 g/mol. The molecule has 0 heterocycles. The van der Waals surface area contributed by atoms with Crippen LogP contribution in [0.3, 0.4) is 0 Å². The van der Waals surface area contributed by atoms with Crippen LogP contribution >= 0.6 is 35.7 Å². The Morgan fingerprint density at radius 2 is 1.70 bits per heavy atom. The van der Waals surface area contributed by atoms with Crippen LogP contribution in [-0.2, 0) is 6.42 Å². The molecule has 1 aromatic carbocycles. The summed E-state index contributed by atoms with van der Waals surface area (Å²) in [4.78, 5) is 4.21. The first-order valence-corrected chi connectivity index (χ1v) is 8.05. The molecule has 0 spiro atoms. The van der Waals surface area contributed by atoms with E-state index in [-0.39, 0.29) is 24.0 Å². The lowest BCUT2D eigenvalue weighted by molar-refractivity contribution is 0.811. The van der Waals surface area contributed by atoms with Gasteiger partial charge >= 0.3 is 0 Å². The Kier molecular flexibility index (Phi) is 11.0. The van der Waals surface area contributed by atoms with E-state index >= 15 is 0 Å². The fourth-order valence-electron chi connectivity index (χ4n) is 2.03. The molecule has 0 amide bonds. The molecule has 0 atom stereocenters. The monoisotopic (exact) mass is 407 g/mol. The van der Waals surface area contributed by atoms with Crippen molar-refractivity contribution < 1.29 is 0 Å². The number of halogens is 1. The molecule has 0 aliphatic heterocycles. The number of aryl methyl sites for hydroxylation is 2. The molecule has 0 saturated carbocycles. The van der Waals surface area contributed by atoms with Gasteiger partial charge in [-0.05, 0) is 32.1 Å². The highest BCUT2D eigenvalue weighted by Gasteiger charge is 1.99. The molecule has 3 nitrogen and oxygen atoms in total. The molecule has 0 fully saturated rings. The predicted octanol–water partition coefficient (Wildman–Crippen LogP) is 2.99. The van der Waals surface area contributed by atoms with Gasteiger partial charge in [0.1, 0.15) is 0 Å². The minimum Gasteiger partial charge on any atom is -0.356 e. The molecule has 0 aromatic heterocycles. The topological polar surface area (TPSA) is 36.4 Å². The number of guanidine groups is 1. The quantitative estimate of drug-likeness (QED) is 0.330. The Bertz CT molecular complexity index is 401. The maximum Gasteiger partial charge on any atom is 0.191 e. The first-order valence-electron chi connectivity index (χ1n) is 6.66. The number of nitrogens with one attached hydrogen (secondary N) is 2. The first kappa shape index (κ1) is 19.6. The summed E-state index contributed by atoms with van der Waals surface area (Å²) in [6.45, 7) is 6.14. The van der Waals surface area contributed by atoms with Crippen LogP contribution < -0.4 is 10.6 Å². The van der Waals surface area contributed by atoms with Crippen molar-refractivity contribution in [2.24, 2.45) is 4.99 Å². The Morgan fingerprint density at radius 1 is 1.10 bits per heavy atom. The van der Waals surface area contributed by atoms with Crippen molar-refractivity contribution in [1.82, 2.24) is 10.6 Å². The van der Waals surface area contributed by atoms with Gasteiger partial charge in [-0.2, -0.15) is 11.8 Å². The van der Waals surface area contributed by atoms with Crippen molar-refractivity contribution in [1.29, 1.82) is 0 Å². The first-order chi connectivity index (χ1) is 9.15. The lowest BCUT2D eigenvalue weighted by Crippen LogP contribution is -2.39. The average Bonchev–Trinajstić information content (AvgIpc) is 2.36. The molecule has 20 heavy (non-hydrogen) atoms. The van der Waals surface area contributed by atoms with Crippen LogP contribution in [0.25, 0.3) is 0 Å². The van der Waals surface area contributed by atoms with Crippen LogP contribution in [0.1, 0.15) is 16.7 Å². The summed E-state index contributed by atoms with van der Waals surface area (Å²) in [5.74, 6) is 1.98. The summed E-state index contributed by atoms with van der Waals surface area (Å²) in [6, 6.07) is 6.71. The third-order valence-corrected chi connectivity index (χ3v) is 3.42. The van der Waals surface area contributed by atoms with Gasteiger partial charge in [-0.3, -0.25) is 4.99 Å². The molecule has 1 rings (SSSR count). The summed E-state index contributed by atoms with van der Waals surface area (Å²) in [7, 11) is 1.81. The molecule has 0 saturated heterocycles. The van der Waals surface area contributed by atoms with E-state index in [1.54, 1.807) is 0 Å². The Balaban J connectivity index is 0.00000361. The van der Waals surface area contributed by atoms with Crippen LogP contribution in [0.5, 0.6) is 0 Å². The van der Waals surface area contributed by atoms with Gasteiger partial charge in [0, 0.05) is 25.9 Å². The SMILES string of the molecule is CN=C(NCCSC)NCCc1cc(C)cc(C)c1.I. The molecule has 0 radical (unpaired) electrons. The maximum absolute atomic E-state index is 4.21.